The van der Waals surface area contributed by atoms with Crippen LogP contribution in [0.4, 0.5) is 0 Å². The van der Waals surface area contributed by atoms with Crippen LogP contribution in [0.15, 0.2) is 12.5 Å². The van der Waals surface area contributed by atoms with Crippen molar-refractivity contribution in [2.45, 2.75) is 365 Å². The van der Waals surface area contributed by atoms with Crippen LogP contribution in [0.3, 0.4) is 0 Å². The predicted molar refractivity (Wildman–Crippen MR) is 557 cm³/mol. The molecule has 54 heteroatoms. The van der Waals surface area contributed by atoms with E-state index in [2.05, 4.69) is 106 Å². The van der Waals surface area contributed by atoms with Gasteiger partial charge >= 0.3 is 5.97 Å². The van der Waals surface area contributed by atoms with Crippen LogP contribution in [0, 0.1) is 35.5 Å². The van der Waals surface area contributed by atoms with Crippen LogP contribution in [0.25, 0.3) is 0 Å². The summed E-state index contributed by atoms with van der Waals surface area (Å²) in [5, 5.41) is 68.2. The third-order valence-corrected chi connectivity index (χ3v) is 25.8. The van der Waals surface area contributed by atoms with Crippen molar-refractivity contribution < 1.29 is 106 Å². The Kier molecular flexibility index (Phi) is 63.9. The van der Waals surface area contributed by atoms with Gasteiger partial charge in [0.1, 0.15) is 115 Å². The zero-order valence-electron chi connectivity index (χ0n) is 88.9. The van der Waals surface area contributed by atoms with Gasteiger partial charge < -0.3 is 163 Å². The molecule has 0 saturated carbocycles. The number of carboxylic acid groups (broad SMARTS) is 1. The molecule has 2 heterocycles. The number of amides is 19. The van der Waals surface area contributed by atoms with Gasteiger partial charge in [-0.25, -0.2) is 9.78 Å². The van der Waals surface area contributed by atoms with Gasteiger partial charge in [0.25, 0.3) is 0 Å². The molecule has 0 bridgehead atoms. The molecule has 1 aliphatic rings. The van der Waals surface area contributed by atoms with Gasteiger partial charge in [0, 0.05) is 31.3 Å². The van der Waals surface area contributed by atoms with Crippen molar-refractivity contribution in [3.63, 3.8) is 0 Å². The largest absolute Gasteiger partial charge is 0.480 e. The Morgan fingerprint density at radius 1 is 0.416 bits per heavy atom. The summed E-state index contributed by atoms with van der Waals surface area (Å²) < 4.78 is 0. The highest BCUT2D eigenvalue weighted by Gasteiger charge is 2.45. The number of nitrogens with one attached hydrogen (secondary N) is 19. The summed E-state index contributed by atoms with van der Waals surface area (Å²) >= 11 is 1.37. The predicted octanol–water partition coefficient (Wildman–Crippen LogP) is -7.96. The minimum atomic E-state index is -1.74. The first-order chi connectivity index (χ1) is 70.2. The minimum absolute atomic E-state index is 0.0116. The van der Waals surface area contributed by atoms with Gasteiger partial charge in [-0.2, -0.15) is 11.8 Å². The minimum Gasteiger partial charge on any atom is -0.480 e. The van der Waals surface area contributed by atoms with Gasteiger partial charge in [0.15, 0.2) is 0 Å². The molecule has 53 nitrogen and oxygen atoms in total. The second-order valence-electron chi connectivity index (χ2n) is 39.5. The Hall–Kier alpha value is -11.5. The molecule has 1 aliphatic heterocycles. The van der Waals surface area contributed by atoms with Crippen molar-refractivity contribution in [2.24, 2.45) is 92.8 Å². The molecule has 0 aromatic carbocycles. The van der Waals surface area contributed by atoms with Crippen molar-refractivity contribution in [3.05, 3.63) is 18.2 Å². The Balaban J connectivity index is 2.57. The van der Waals surface area contributed by atoms with Crippen LogP contribution in [-0.4, -0.2) is 323 Å². The van der Waals surface area contributed by atoms with Crippen LogP contribution in [0.5, 0.6) is 0 Å². The van der Waals surface area contributed by atoms with Crippen molar-refractivity contribution >= 4 is 130 Å². The molecular formula is C95H175N31O22S. The number of aliphatic hydroxyl groups is 1. The number of aromatic amines is 1. The standard InChI is InChI=1S/C95H175N31O22S/c1-15-53(11)74(91(145)115-60(29-23-38-107-94(102)103)81(135)112-58(27-18-21-36-97)79(133)111-59(28-19-22-37-98)80(134)114-63(34-41-149-14)83(137)123-73(52(9)10)93(147)148)124-86(140)66(44-56-46-106-48-109-56)117-76(130)55(13)110-78(132)62(32-33-70(100)128)116-90(144)72(51(7)8)122-82(136)61(30-24-39-108-95(104)105)113-84(138)64(42-49(3)4)119-85(139)65(43-50(5)6)120-88(142)68(47-127)121-89(143)69-31-25-40-126(69)92(146)75(54(12)16-2)125-87(141)67(45-71(101)129)118-77(131)57(99)26-17-20-35-96/h46,48-55,57-69,72-75,94-95,107-108,127H,15-45,47,96-99,102-105H2,1-14H3,(H2,100,128)(H2,101,129)(H,106,109)(H,110,132)(H,111,133)(H,112,135)(H,113,138)(H,114,134)(H,115,145)(H,116,144)(H,117,130)(H,118,131)(H,119,139)(H,120,142)(H,121,143)(H,122,136)(H,123,137)(H,124,140)(H,125,141)(H,147,148)/t53-,54-,55-,57-,58-,59-,60-,61-,62-,63-,64-,65-,66-,67-,68-,69-,72-,73-,74-,75-/m0/s1. The number of unbranched alkanes of at least 4 members (excludes halogenated alkanes) is 3. The zero-order valence-corrected chi connectivity index (χ0v) is 89.7. The van der Waals surface area contributed by atoms with E-state index in [1.807, 2.05) is 0 Å². The van der Waals surface area contributed by atoms with Crippen molar-refractivity contribution in [2.75, 3.05) is 57.9 Å². The van der Waals surface area contributed by atoms with E-state index >= 15 is 0 Å². The fraction of sp³-hybridized carbons (Fsp3) is 0.758. The van der Waals surface area contributed by atoms with E-state index in [1.54, 1.807) is 75.5 Å². The number of rotatable bonds is 77. The number of carbonyl (C=O) groups excluding carboxylic acids is 19. The number of primary amides is 2. The third-order valence-electron chi connectivity index (χ3n) is 25.2. The molecule has 0 unspecified atom stereocenters. The number of hydrogen-bond acceptors (Lipinski definition) is 33. The number of likely N-dealkylation sites (tertiary alicyclic amines) is 1. The van der Waals surface area contributed by atoms with E-state index in [1.165, 1.54) is 50.0 Å². The first-order valence-corrected chi connectivity index (χ1v) is 53.0. The number of aliphatic hydroxyl groups excluding tert-OH is 1. The maximum Gasteiger partial charge on any atom is 0.326 e. The number of nitrogens with two attached hydrogens (primary N) is 10. The average Bonchev–Trinajstić information content (AvgIpc) is 1.66. The quantitative estimate of drug-likeness (QED) is 0.0213. The Bertz CT molecular complexity index is 4410. The first kappa shape index (κ1) is 134. The zero-order chi connectivity index (χ0) is 113. The number of carbonyl (C=O) groups is 20. The molecule has 149 heavy (non-hydrogen) atoms. The molecule has 848 valence electrons. The van der Waals surface area contributed by atoms with Crippen LogP contribution >= 0.6 is 11.8 Å². The highest BCUT2D eigenvalue weighted by atomic mass is 32.2. The molecule has 0 aliphatic carbocycles. The van der Waals surface area contributed by atoms with Gasteiger partial charge in [-0.15, -0.1) is 0 Å². The number of thioether (sulfide) groups is 1. The van der Waals surface area contributed by atoms with Crippen LogP contribution in [-0.2, 0) is 102 Å². The number of imidazole rings is 1. The van der Waals surface area contributed by atoms with E-state index in [0.717, 1.165) is 0 Å². The highest BCUT2D eigenvalue weighted by Crippen LogP contribution is 2.24. The lowest BCUT2D eigenvalue weighted by atomic mass is 9.96. The Morgan fingerprint density at radius 2 is 0.792 bits per heavy atom. The lowest BCUT2D eigenvalue weighted by Crippen LogP contribution is -2.62. The molecule has 1 aromatic rings. The molecule has 1 aromatic heterocycles. The van der Waals surface area contributed by atoms with Crippen LogP contribution < -0.4 is 153 Å². The van der Waals surface area contributed by atoms with Gasteiger partial charge in [-0.3, -0.25) is 102 Å². The molecule has 1 saturated heterocycles. The monoisotopic (exact) mass is 2130 g/mol. The Morgan fingerprint density at radius 3 is 1.21 bits per heavy atom. The SMILES string of the molecule is CC[C@H](C)[C@H](NC(=O)[C@H](Cc1cnc[nH]1)NC(=O)[C@H](C)NC(=O)[C@H](CCC(N)=O)NC(=O)[C@@H](NC(=O)[C@H](CCCNC(N)N)NC(=O)[C@H](CC(C)C)NC(=O)[C@H](CC(C)C)NC(=O)[C@H](CO)NC(=O)[C@@H]1CCCN1C(=O)[C@@H](NC(=O)[C@H](CC(N)=O)NC(=O)[C@@H](N)CCCCN)[C@@H](C)CC)C(C)C)C(=O)N[C@@H](CCCNC(N)N)C(=O)N[C@@H](CCCCN)C(=O)N[C@@H](CCCCN)C(=O)N[C@@H](CCSC)C(=O)N[C@H](C(=O)O)C(C)C. The molecule has 20 atom stereocenters. The van der Waals surface area contributed by atoms with Crippen LogP contribution in [0.2, 0.25) is 0 Å². The summed E-state index contributed by atoms with van der Waals surface area (Å²) in [6.07, 6.45) is 3.94. The molecular weight excluding hydrogens is 1960 g/mol. The number of hydrogen-bond donors (Lipinski definition) is 31. The number of carboxylic acids is 1. The fourth-order valence-corrected chi connectivity index (χ4v) is 16.5. The summed E-state index contributed by atoms with van der Waals surface area (Å²) in [5.74, 6) is -21.4. The van der Waals surface area contributed by atoms with E-state index in [0.29, 0.717) is 56.5 Å². The lowest BCUT2D eigenvalue weighted by Gasteiger charge is -2.33. The van der Waals surface area contributed by atoms with Crippen molar-refractivity contribution in [3.8, 4) is 0 Å². The second-order valence-corrected chi connectivity index (χ2v) is 40.5. The topological polar surface area (TPSA) is 891 Å². The molecule has 1 fully saturated rings. The molecule has 41 N–H and O–H groups in total. The third kappa shape index (κ3) is 50.3. The number of aromatic nitrogens is 2. The summed E-state index contributed by atoms with van der Waals surface area (Å²) in [7, 11) is 0. The first-order valence-electron chi connectivity index (χ1n) is 51.6. The smallest absolute Gasteiger partial charge is 0.326 e. The normalized spacial score (nSPS) is 16.4. The second kappa shape index (κ2) is 71.3. The van der Waals surface area contributed by atoms with E-state index < -0.39 is 289 Å². The van der Waals surface area contributed by atoms with E-state index in [4.69, 9.17) is 57.3 Å². The van der Waals surface area contributed by atoms with E-state index in [-0.39, 0.29) is 141 Å². The summed E-state index contributed by atoms with van der Waals surface area (Å²) in [5.41, 5.74) is 57.9. The summed E-state index contributed by atoms with van der Waals surface area (Å²) in [6.45, 7) is 21.2. The van der Waals surface area contributed by atoms with Crippen molar-refractivity contribution in [1.82, 2.24) is 111 Å². The fourth-order valence-electron chi connectivity index (χ4n) is 16.1. The van der Waals surface area contributed by atoms with Gasteiger partial charge in [-0.05, 0) is 203 Å². The summed E-state index contributed by atoms with van der Waals surface area (Å²) in [6, 6.07) is -25.9. The number of aliphatic carboxylic acids is 1. The highest BCUT2D eigenvalue weighted by molar-refractivity contribution is 7.98. The lowest BCUT2D eigenvalue weighted by molar-refractivity contribution is -0.144. The molecule has 2 rings (SSSR count). The molecule has 0 spiro atoms. The van der Waals surface area contributed by atoms with Gasteiger partial charge in [0.2, 0.25) is 112 Å². The molecule has 19 amide bonds. The summed E-state index contributed by atoms with van der Waals surface area (Å²) in [4.78, 5) is 291. The van der Waals surface area contributed by atoms with Gasteiger partial charge in [0.05, 0.1) is 25.4 Å². The number of nitrogens with zero attached hydrogens (tertiary/aromatic N) is 2. The van der Waals surface area contributed by atoms with Gasteiger partial charge in [-0.1, -0.05) is 102 Å². The number of H-pyrrole nitrogens is 1. The average molecular weight is 2140 g/mol. The van der Waals surface area contributed by atoms with Crippen molar-refractivity contribution in [1.29, 1.82) is 0 Å². The van der Waals surface area contributed by atoms with Crippen LogP contribution in [0.1, 0.15) is 243 Å². The maximum atomic E-state index is 15.0. The van der Waals surface area contributed by atoms with E-state index in [9.17, 15) is 106 Å². The maximum absolute atomic E-state index is 15.0. The molecule has 0 radical (unpaired) electrons. The Labute approximate surface area is 876 Å².